The zero-order valence-electron chi connectivity index (χ0n) is 13.3. The smallest absolute Gasteiger partial charge is 0.264 e. The minimum Gasteiger partial charge on any atom is -0.482 e. The fourth-order valence-electron chi connectivity index (χ4n) is 3.05. The minimum atomic E-state index is -0.0430. The second-order valence-corrected chi connectivity index (χ2v) is 5.79. The number of nitrogens with zero attached hydrogens (tertiary/aromatic N) is 3. The van der Waals surface area contributed by atoms with Gasteiger partial charge in [0.05, 0.1) is 18.1 Å². The summed E-state index contributed by atoms with van der Waals surface area (Å²) < 4.78 is 7.59. The van der Waals surface area contributed by atoms with Crippen LogP contribution < -0.4 is 9.64 Å². The van der Waals surface area contributed by atoms with Gasteiger partial charge in [0.25, 0.3) is 5.91 Å². The summed E-state index contributed by atoms with van der Waals surface area (Å²) in [5, 5.41) is 0. The first-order chi connectivity index (χ1) is 11.7. The van der Waals surface area contributed by atoms with Crippen LogP contribution in [0, 0.1) is 0 Å². The highest BCUT2D eigenvalue weighted by Crippen LogP contribution is 2.36. The van der Waals surface area contributed by atoms with Crippen LogP contribution in [0.2, 0.25) is 0 Å². The van der Waals surface area contributed by atoms with E-state index >= 15 is 0 Å². The van der Waals surface area contributed by atoms with Gasteiger partial charge >= 0.3 is 0 Å². The molecule has 0 saturated heterocycles. The van der Waals surface area contributed by atoms with E-state index in [2.05, 4.69) is 21.7 Å². The Bertz CT molecular complexity index is 860. The Morgan fingerprint density at radius 1 is 1.12 bits per heavy atom. The van der Waals surface area contributed by atoms with Crippen molar-refractivity contribution in [3.8, 4) is 5.75 Å². The molecule has 1 amide bonds. The molecule has 0 N–H and O–H groups in total. The maximum absolute atomic E-state index is 11.9. The monoisotopic (exact) mass is 319 g/mol. The van der Waals surface area contributed by atoms with E-state index in [1.807, 2.05) is 48.9 Å². The fraction of sp³-hybridized carbons (Fsp3) is 0.158. The largest absolute Gasteiger partial charge is 0.482 e. The predicted octanol–water partition coefficient (Wildman–Crippen LogP) is 2.88. The summed E-state index contributed by atoms with van der Waals surface area (Å²) in [4.78, 5) is 17.8. The first-order valence-corrected chi connectivity index (χ1v) is 7.80. The van der Waals surface area contributed by atoms with Crippen molar-refractivity contribution in [1.82, 2.24) is 9.55 Å². The van der Waals surface area contributed by atoms with Gasteiger partial charge in [-0.2, -0.15) is 0 Å². The highest BCUT2D eigenvalue weighted by atomic mass is 16.5. The molecule has 2 heterocycles. The van der Waals surface area contributed by atoms with Gasteiger partial charge in [0.1, 0.15) is 5.75 Å². The first-order valence-electron chi connectivity index (χ1n) is 7.80. The Labute approximate surface area is 140 Å². The van der Waals surface area contributed by atoms with Gasteiger partial charge < -0.3 is 14.2 Å². The number of likely N-dealkylation sites (N-methyl/N-ethyl adjacent to an activating group) is 1. The third kappa shape index (κ3) is 2.44. The standard InChI is InChI=1S/C19H17N3O2/c1-21-16-11-15(7-8-17(16)24-12-18(21)23)19(22-10-9-20-13-22)14-5-3-2-4-6-14/h2-11,13,19H,12H2,1H3. The lowest BCUT2D eigenvalue weighted by Crippen LogP contribution is -2.35. The van der Waals surface area contributed by atoms with E-state index in [0.717, 1.165) is 22.6 Å². The quantitative estimate of drug-likeness (QED) is 0.746. The van der Waals surface area contributed by atoms with Gasteiger partial charge in [-0.1, -0.05) is 36.4 Å². The molecule has 0 bridgehead atoms. The summed E-state index contributed by atoms with van der Waals surface area (Å²) in [7, 11) is 1.78. The highest BCUT2D eigenvalue weighted by molar-refractivity contribution is 5.97. The molecule has 24 heavy (non-hydrogen) atoms. The predicted molar refractivity (Wildman–Crippen MR) is 91.3 cm³/mol. The van der Waals surface area contributed by atoms with Gasteiger partial charge in [0.15, 0.2) is 6.61 Å². The van der Waals surface area contributed by atoms with Crippen molar-refractivity contribution >= 4 is 11.6 Å². The topological polar surface area (TPSA) is 47.4 Å². The average molecular weight is 319 g/mol. The van der Waals surface area contributed by atoms with Gasteiger partial charge in [-0.3, -0.25) is 4.79 Å². The van der Waals surface area contributed by atoms with E-state index in [9.17, 15) is 4.79 Å². The number of anilines is 1. The zero-order valence-corrected chi connectivity index (χ0v) is 13.3. The third-order valence-electron chi connectivity index (χ3n) is 4.32. The lowest BCUT2D eigenvalue weighted by molar-refractivity contribution is -0.120. The Morgan fingerprint density at radius 3 is 2.71 bits per heavy atom. The van der Waals surface area contributed by atoms with Crippen molar-refractivity contribution in [1.29, 1.82) is 0 Å². The molecule has 2 aromatic carbocycles. The van der Waals surface area contributed by atoms with Crippen LogP contribution in [0.5, 0.6) is 5.75 Å². The van der Waals surface area contributed by atoms with E-state index in [0.29, 0.717) is 0 Å². The number of carbonyl (C=O) groups excluding carboxylic acids is 1. The lowest BCUT2D eigenvalue weighted by Gasteiger charge is -2.28. The Hall–Kier alpha value is -3.08. The Balaban J connectivity index is 1.84. The molecule has 3 aromatic rings. The number of hydrogen-bond donors (Lipinski definition) is 0. The van der Waals surface area contributed by atoms with Crippen LogP contribution in [0.4, 0.5) is 5.69 Å². The number of fused-ring (bicyclic) bond motifs is 1. The van der Waals surface area contributed by atoms with Gasteiger partial charge in [0, 0.05) is 19.4 Å². The number of aromatic nitrogens is 2. The number of hydrogen-bond acceptors (Lipinski definition) is 3. The summed E-state index contributed by atoms with van der Waals surface area (Å²) in [6, 6.07) is 16.2. The van der Waals surface area contributed by atoms with Crippen LogP contribution in [0.1, 0.15) is 17.2 Å². The molecular weight excluding hydrogens is 302 g/mol. The molecule has 1 aromatic heterocycles. The maximum atomic E-state index is 11.9. The molecule has 1 aliphatic rings. The molecule has 1 aliphatic heterocycles. The zero-order chi connectivity index (χ0) is 16.5. The van der Waals surface area contributed by atoms with Crippen molar-refractivity contribution in [2.45, 2.75) is 6.04 Å². The number of rotatable bonds is 3. The van der Waals surface area contributed by atoms with Crippen molar-refractivity contribution in [2.24, 2.45) is 0 Å². The van der Waals surface area contributed by atoms with Crippen LogP contribution in [0.15, 0.2) is 67.3 Å². The summed E-state index contributed by atoms with van der Waals surface area (Å²) >= 11 is 0. The van der Waals surface area contributed by atoms with Crippen LogP contribution in [0.3, 0.4) is 0 Å². The molecule has 0 fully saturated rings. The molecule has 0 saturated carbocycles. The van der Waals surface area contributed by atoms with Crippen LogP contribution >= 0.6 is 0 Å². The Morgan fingerprint density at radius 2 is 1.96 bits per heavy atom. The van der Waals surface area contributed by atoms with Gasteiger partial charge in [-0.15, -0.1) is 0 Å². The molecule has 5 nitrogen and oxygen atoms in total. The van der Waals surface area contributed by atoms with Gasteiger partial charge in [-0.25, -0.2) is 4.98 Å². The van der Waals surface area contributed by atoms with E-state index in [1.165, 1.54) is 0 Å². The molecule has 5 heteroatoms. The number of amides is 1. The van der Waals surface area contributed by atoms with E-state index in [-0.39, 0.29) is 18.6 Å². The van der Waals surface area contributed by atoms with E-state index < -0.39 is 0 Å². The summed E-state index contributed by atoms with van der Waals surface area (Å²) in [6.07, 6.45) is 5.53. The number of carbonyl (C=O) groups is 1. The van der Waals surface area contributed by atoms with Crippen molar-refractivity contribution < 1.29 is 9.53 Å². The summed E-state index contributed by atoms with van der Waals surface area (Å²) in [6.45, 7) is 0.0898. The van der Waals surface area contributed by atoms with Crippen LogP contribution in [-0.4, -0.2) is 29.1 Å². The molecule has 0 radical (unpaired) electrons. The molecule has 0 spiro atoms. The second-order valence-electron chi connectivity index (χ2n) is 5.79. The van der Waals surface area contributed by atoms with Crippen LogP contribution in [-0.2, 0) is 4.79 Å². The molecule has 4 rings (SSSR count). The lowest BCUT2D eigenvalue weighted by atomic mass is 9.97. The van der Waals surface area contributed by atoms with Gasteiger partial charge in [-0.05, 0) is 23.3 Å². The van der Waals surface area contributed by atoms with Crippen molar-refractivity contribution in [3.05, 3.63) is 78.4 Å². The van der Waals surface area contributed by atoms with Crippen LogP contribution in [0.25, 0.3) is 0 Å². The SMILES string of the molecule is CN1C(=O)COc2ccc(C(c3ccccc3)n3ccnc3)cc21. The van der Waals surface area contributed by atoms with Gasteiger partial charge in [0.2, 0.25) is 0 Å². The summed E-state index contributed by atoms with van der Waals surface area (Å²) in [5.41, 5.74) is 3.02. The van der Waals surface area contributed by atoms with E-state index in [1.54, 1.807) is 18.1 Å². The third-order valence-corrected chi connectivity index (χ3v) is 4.32. The Kier molecular flexibility index (Phi) is 3.54. The molecular formula is C19H17N3O2. The number of imidazole rings is 1. The summed E-state index contributed by atoms with van der Waals surface area (Å²) in [5.74, 6) is 0.692. The molecule has 120 valence electrons. The first kappa shape index (κ1) is 14.5. The minimum absolute atomic E-state index is 0.00979. The normalized spacial score (nSPS) is 14.9. The maximum Gasteiger partial charge on any atom is 0.264 e. The molecule has 0 aliphatic carbocycles. The van der Waals surface area contributed by atoms with E-state index in [4.69, 9.17) is 4.74 Å². The van der Waals surface area contributed by atoms with Crippen molar-refractivity contribution in [3.63, 3.8) is 0 Å². The molecule has 1 atom stereocenters. The second kappa shape index (κ2) is 5.85. The highest BCUT2D eigenvalue weighted by Gasteiger charge is 2.24. The van der Waals surface area contributed by atoms with Crippen molar-refractivity contribution in [2.75, 3.05) is 18.6 Å². The number of ether oxygens (including phenoxy) is 1. The molecule has 1 unspecified atom stereocenters. The average Bonchev–Trinajstić information content (AvgIpc) is 3.14. The number of benzene rings is 2. The fourth-order valence-corrected chi connectivity index (χ4v) is 3.05.